The summed E-state index contributed by atoms with van der Waals surface area (Å²) in [5.74, 6) is -0.323. The van der Waals surface area contributed by atoms with Gasteiger partial charge in [-0.3, -0.25) is 20.2 Å². The lowest BCUT2D eigenvalue weighted by atomic mass is 10.3. The molecule has 0 amide bonds. The molecule has 1 aliphatic carbocycles. The van der Waals surface area contributed by atoms with Crippen LogP contribution in [0.3, 0.4) is 0 Å². The first-order valence-corrected chi connectivity index (χ1v) is 7.21. The molecule has 1 aromatic carbocycles. The maximum absolute atomic E-state index is 11.7. The van der Waals surface area contributed by atoms with E-state index in [0.717, 1.165) is 12.8 Å². The van der Waals surface area contributed by atoms with Crippen molar-refractivity contribution in [3.8, 4) is 5.75 Å². The van der Waals surface area contributed by atoms with Gasteiger partial charge in [0.25, 0.3) is 0 Å². The lowest BCUT2D eigenvalue weighted by Gasteiger charge is -2.16. The van der Waals surface area contributed by atoms with E-state index in [-0.39, 0.29) is 24.1 Å². The van der Waals surface area contributed by atoms with Gasteiger partial charge in [0.1, 0.15) is 12.6 Å². The average Bonchev–Trinajstić information content (AvgIpc) is 3.27. The van der Waals surface area contributed by atoms with Gasteiger partial charge in [-0.15, -0.1) is 0 Å². The molecule has 0 radical (unpaired) electrons. The summed E-state index contributed by atoms with van der Waals surface area (Å²) >= 11 is 3.17. The molecule has 1 aromatic rings. The third-order valence-electron chi connectivity index (χ3n) is 3.02. The second-order valence-electron chi connectivity index (χ2n) is 4.70. The Hall–Kier alpha value is -1.67. The van der Waals surface area contributed by atoms with Crippen LogP contribution in [0.4, 0.5) is 5.69 Å². The lowest BCUT2D eigenvalue weighted by Crippen LogP contribution is -2.43. The molecule has 1 saturated carbocycles. The number of hydrogen-bond donors (Lipinski definition) is 1. The number of carbonyl (C=O) groups is 1. The topological polar surface area (TPSA) is 90.7 Å². The van der Waals surface area contributed by atoms with Crippen molar-refractivity contribution in [3.05, 3.63) is 32.8 Å². The maximum atomic E-state index is 11.7. The molecule has 114 valence electrons. The number of ether oxygens (including phenoxy) is 2. The largest absolute Gasteiger partial charge is 0.485 e. The van der Waals surface area contributed by atoms with Crippen LogP contribution in [0.15, 0.2) is 22.7 Å². The number of hydrogen-bond acceptors (Lipinski definition) is 6. The van der Waals surface area contributed by atoms with E-state index < -0.39 is 16.9 Å². The molecule has 0 aliphatic heterocycles. The molecule has 0 aromatic heterocycles. The fourth-order valence-electron chi connectivity index (χ4n) is 1.79. The zero-order valence-corrected chi connectivity index (χ0v) is 13.0. The standard InChI is InChI=1S/C13H15BrN2O5/c1-20-13(17)10(15-9-3-4-9)7-21-12-5-2-8(14)6-11(12)16(18)19/h2,5-6,9-10,15H,3-4,7H2,1H3. The van der Waals surface area contributed by atoms with E-state index in [1.54, 1.807) is 6.07 Å². The number of esters is 1. The van der Waals surface area contributed by atoms with Crippen molar-refractivity contribution < 1.29 is 19.2 Å². The summed E-state index contributed by atoms with van der Waals surface area (Å²) in [6.07, 6.45) is 2.01. The molecular formula is C13H15BrN2O5. The molecule has 0 saturated heterocycles. The van der Waals surface area contributed by atoms with Crippen molar-refractivity contribution in [3.63, 3.8) is 0 Å². The number of halogens is 1. The lowest BCUT2D eigenvalue weighted by molar-refractivity contribution is -0.386. The first kappa shape index (κ1) is 15.7. The average molecular weight is 359 g/mol. The Kier molecular flexibility index (Phi) is 5.13. The molecule has 7 nitrogen and oxygen atoms in total. The van der Waals surface area contributed by atoms with Gasteiger partial charge in [0.05, 0.1) is 12.0 Å². The van der Waals surface area contributed by atoms with Crippen LogP contribution in [0.5, 0.6) is 5.75 Å². The Morgan fingerprint density at radius 1 is 1.57 bits per heavy atom. The maximum Gasteiger partial charge on any atom is 0.326 e. The quantitative estimate of drug-likeness (QED) is 0.455. The van der Waals surface area contributed by atoms with Gasteiger partial charge in [-0.2, -0.15) is 0 Å². The van der Waals surface area contributed by atoms with Gasteiger partial charge in [0.15, 0.2) is 5.75 Å². The molecule has 0 heterocycles. The van der Waals surface area contributed by atoms with Crippen molar-refractivity contribution in [2.24, 2.45) is 0 Å². The first-order chi connectivity index (χ1) is 10.0. The molecule has 1 unspecified atom stereocenters. The van der Waals surface area contributed by atoms with Gasteiger partial charge in [-0.05, 0) is 25.0 Å². The fraction of sp³-hybridized carbons (Fsp3) is 0.462. The number of carbonyl (C=O) groups excluding carboxylic acids is 1. The van der Waals surface area contributed by atoms with E-state index in [2.05, 4.69) is 21.2 Å². The predicted molar refractivity (Wildman–Crippen MR) is 78.3 cm³/mol. The third-order valence-corrected chi connectivity index (χ3v) is 3.52. The van der Waals surface area contributed by atoms with Crippen LogP contribution in [0, 0.1) is 10.1 Å². The predicted octanol–water partition coefficient (Wildman–Crippen LogP) is 2.03. The van der Waals surface area contributed by atoms with Crippen LogP contribution in [0.2, 0.25) is 0 Å². The van der Waals surface area contributed by atoms with Crippen molar-refractivity contribution in [1.82, 2.24) is 5.32 Å². The van der Waals surface area contributed by atoms with Crippen molar-refractivity contribution >= 4 is 27.6 Å². The summed E-state index contributed by atoms with van der Waals surface area (Å²) < 4.78 is 10.7. The van der Waals surface area contributed by atoms with Crippen LogP contribution in [0.1, 0.15) is 12.8 Å². The molecule has 1 aliphatic rings. The van der Waals surface area contributed by atoms with Crippen LogP contribution in [-0.4, -0.2) is 36.7 Å². The van der Waals surface area contributed by atoms with Gasteiger partial charge in [0.2, 0.25) is 0 Å². The molecule has 8 heteroatoms. The van der Waals surface area contributed by atoms with Crippen LogP contribution in [-0.2, 0) is 9.53 Å². The normalized spacial score (nSPS) is 15.3. The highest BCUT2D eigenvalue weighted by Crippen LogP contribution is 2.30. The number of nitro groups is 1. The summed E-state index contributed by atoms with van der Waals surface area (Å²) in [5, 5.41) is 14.1. The van der Waals surface area contributed by atoms with Gasteiger partial charge in [-0.25, -0.2) is 0 Å². The summed E-state index contributed by atoms with van der Waals surface area (Å²) in [7, 11) is 1.30. The van der Waals surface area contributed by atoms with Crippen molar-refractivity contribution in [1.29, 1.82) is 0 Å². The Bertz CT molecular complexity index is 547. The SMILES string of the molecule is COC(=O)C(COc1ccc(Br)cc1[N+](=O)[O-])NC1CC1. The van der Waals surface area contributed by atoms with Gasteiger partial charge < -0.3 is 9.47 Å². The van der Waals surface area contributed by atoms with E-state index in [1.165, 1.54) is 19.2 Å². The van der Waals surface area contributed by atoms with Crippen LogP contribution in [0.25, 0.3) is 0 Å². The van der Waals surface area contributed by atoms with Crippen LogP contribution < -0.4 is 10.1 Å². The highest BCUT2D eigenvalue weighted by Gasteiger charge is 2.30. The summed E-state index contributed by atoms with van der Waals surface area (Å²) in [6, 6.07) is 4.15. The second-order valence-corrected chi connectivity index (χ2v) is 5.61. The zero-order chi connectivity index (χ0) is 15.4. The molecular weight excluding hydrogens is 344 g/mol. The van der Waals surface area contributed by atoms with Gasteiger partial charge >= 0.3 is 11.7 Å². The smallest absolute Gasteiger partial charge is 0.326 e. The van der Waals surface area contributed by atoms with E-state index in [1.807, 2.05) is 0 Å². The van der Waals surface area contributed by atoms with E-state index >= 15 is 0 Å². The molecule has 1 N–H and O–H groups in total. The van der Waals surface area contributed by atoms with E-state index in [4.69, 9.17) is 9.47 Å². The number of methoxy groups -OCH3 is 1. The van der Waals surface area contributed by atoms with Gasteiger partial charge in [0, 0.05) is 16.6 Å². The minimum atomic E-state index is -0.634. The monoisotopic (exact) mass is 358 g/mol. The zero-order valence-electron chi connectivity index (χ0n) is 11.4. The van der Waals surface area contributed by atoms with E-state index in [0.29, 0.717) is 4.47 Å². The molecule has 2 rings (SSSR count). The Morgan fingerprint density at radius 2 is 2.29 bits per heavy atom. The Morgan fingerprint density at radius 3 is 2.86 bits per heavy atom. The third kappa shape index (κ3) is 4.40. The van der Waals surface area contributed by atoms with Crippen molar-refractivity contribution in [2.75, 3.05) is 13.7 Å². The highest BCUT2D eigenvalue weighted by atomic mass is 79.9. The molecule has 0 spiro atoms. The molecule has 0 bridgehead atoms. The number of rotatable bonds is 7. The number of nitro benzene ring substituents is 1. The summed E-state index contributed by atoms with van der Waals surface area (Å²) in [6.45, 7) is -0.0222. The fourth-order valence-corrected chi connectivity index (χ4v) is 2.14. The second kappa shape index (κ2) is 6.86. The number of nitrogens with zero attached hydrogens (tertiary/aromatic N) is 1. The number of benzene rings is 1. The number of nitrogens with one attached hydrogen (secondary N) is 1. The Balaban J connectivity index is 2.05. The molecule has 1 fully saturated rings. The van der Waals surface area contributed by atoms with Crippen LogP contribution >= 0.6 is 15.9 Å². The van der Waals surface area contributed by atoms with E-state index in [9.17, 15) is 14.9 Å². The summed E-state index contributed by atoms with van der Waals surface area (Å²) in [4.78, 5) is 22.1. The Labute approximate surface area is 129 Å². The molecule has 1 atom stereocenters. The van der Waals surface area contributed by atoms with Crippen molar-refractivity contribution in [2.45, 2.75) is 24.9 Å². The minimum Gasteiger partial charge on any atom is -0.485 e. The summed E-state index contributed by atoms with van der Waals surface area (Å²) in [5.41, 5.74) is -0.153. The highest BCUT2D eigenvalue weighted by molar-refractivity contribution is 9.10. The molecule has 21 heavy (non-hydrogen) atoms. The first-order valence-electron chi connectivity index (χ1n) is 6.42. The van der Waals surface area contributed by atoms with Gasteiger partial charge in [-0.1, -0.05) is 15.9 Å². The minimum absolute atomic E-state index is 0.0222.